The minimum absolute atomic E-state index is 0.0173. The summed E-state index contributed by atoms with van der Waals surface area (Å²) >= 11 is 0. The zero-order chi connectivity index (χ0) is 75.0. The topological polar surface area (TPSA) is 258 Å². The summed E-state index contributed by atoms with van der Waals surface area (Å²) in [4.78, 5) is 0. The lowest BCUT2D eigenvalue weighted by Crippen LogP contribution is -2.70. The molecule has 4 aromatic rings. The second-order valence-electron chi connectivity index (χ2n) is 26.7. The van der Waals surface area contributed by atoms with Crippen molar-refractivity contribution < 1.29 is 133 Å². The highest BCUT2D eigenvalue weighted by molar-refractivity contribution is 7.73. The minimum Gasteiger partial charge on any atom is -0.382 e. The molecule has 28 nitrogen and oxygen atoms in total. The molecule has 30 heteroatoms. The van der Waals surface area contributed by atoms with Crippen molar-refractivity contribution in [3.8, 4) is 0 Å². The van der Waals surface area contributed by atoms with E-state index >= 15 is 0 Å². The Labute approximate surface area is 625 Å². The van der Waals surface area contributed by atoms with Crippen LogP contribution in [0.15, 0.2) is 121 Å². The van der Waals surface area contributed by atoms with E-state index in [-0.39, 0.29) is 26.4 Å². The van der Waals surface area contributed by atoms with Crippen LogP contribution in [0.5, 0.6) is 0 Å². The number of methoxy groups -OCH3 is 16. The maximum Gasteiger partial charge on any atom is 0.187 e. The zero-order valence-corrected chi connectivity index (χ0v) is 65.2. The molecule has 0 amide bonds. The Morgan fingerprint density at radius 2 is 0.368 bits per heavy atom. The molecule has 22 aliphatic rings. The van der Waals surface area contributed by atoms with Crippen LogP contribution in [0.3, 0.4) is 0 Å². The smallest absolute Gasteiger partial charge is 0.187 e. The largest absolute Gasteiger partial charge is 0.382 e. The van der Waals surface area contributed by atoms with E-state index < -0.39 is 200 Å². The van der Waals surface area contributed by atoms with Crippen molar-refractivity contribution >= 4 is 37.1 Å². The molecule has 12 bridgehead atoms. The summed E-state index contributed by atoms with van der Waals surface area (Å²) < 4.78 is 189. The molecule has 22 aliphatic heterocycles. The monoisotopic (exact) mass is 1530 g/mol. The van der Waals surface area contributed by atoms with Gasteiger partial charge in [0.2, 0.25) is 0 Å². The fraction of sp³-hybridized carbons (Fsp3) is 0.684. The molecule has 22 fully saturated rings. The Hall–Kier alpha value is -3.38. The maximum absolute atomic E-state index is 7.45. The molecule has 0 aliphatic carbocycles. The first-order valence-electron chi connectivity index (χ1n) is 35.8. The van der Waals surface area contributed by atoms with Crippen molar-refractivity contribution in [2.45, 2.75) is 184 Å². The Kier molecular flexibility index (Phi) is 32.2. The number of ether oxygens (including phenoxy) is 28. The van der Waals surface area contributed by atoms with Gasteiger partial charge in [0, 0.05) is 126 Å². The summed E-state index contributed by atoms with van der Waals surface area (Å²) in [6.45, 7) is -0.0693. The van der Waals surface area contributed by atoms with Crippen molar-refractivity contribution in [3.05, 3.63) is 121 Å². The molecule has 106 heavy (non-hydrogen) atoms. The second kappa shape index (κ2) is 40.9. The molecule has 26 rings (SSSR count). The van der Waals surface area contributed by atoms with Gasteiger partial charge in [-0.1, -0.05) is 121 Å². The van der Waals surface area contributed by atoms with Crippen LogP contribution in [0, 0.1) is 0 Å². The standard InChI is InChI=1S/C76H110O28P2/c1-77-37-47-53-59(81-5)67(89-13)73(95-47)103-57-51(41-105(43-29-21-17-22-30-43)44-31-23-18-24-32-44)97-75(69(91-15)63(57)85-9)102-56-50(40-80-4)94-72(66(88-12)62(56)84-8)100-54-48(38-78-2)96-74(68(90-14)60(54)82-6)104-58-52(42-106(45-33-25-19-26-34-45)46-35-27-20-28-36-46)98-76(70(92-16)64(58)86-10)101-55-49(39-79-3)93-71(99-53)65(87-11)61(55)83-7/h17-36,47-76H,37-42H2,1-16H3/t47-,48-,49-,50-,51-,52-,53-,54-,55-,56-,57-,58-,59+,60+,61+,62+,63+,64+,65-,66-,67-,68-,69-,70-,71-,72-,73-,74-,75-,76-/m1/s1. The van der Waals surface area contributed by atoms with Gasteiger partial charge in [0.15, 0.2) is 37.7 Å². The van der Waals surface area contributed by atoms with Crippen molar-refractivity contribution in [1.82, 2.24) is 0 Å². The summed E-state index contributed by atoms with van der Waals surface area (Å²) in [6, 6.07) is 41.1. The highest BCUT2D eigenvalue weighted by Crippen LogP contribution is 2.46. The minimum atomic E-state index is -1.21. The van der Waals surface area contributed by atoms with Crippen LogP contribution in [0.1, 0.15) is 0 Å². The fourth-order valence-electron chi connectivity index (χ4n) is 15.9. The molecule has 0 saturated carbocycles. The molecule has 22 heterocycles. The highest BCUT2D eigenvalue weighted by atomic mass is 31.1. The summed E-state index contributed by atoms with van der Waals surface area (Å²) in [7, 11) is 22.6. The van der Waals surface area contributed by atoms with E-state index in [0.29, 0.717) is 12.3 Å². The maximum atomic E-state index is 7.45. The third-order valence-electron chi connectivity index (χ3n) is 20.9. The molecule has 30 atom stereocenters. The highest BCUT2D eigenvalue weighted by Gasteiger charge is 2.62. The van der Waals surface area contributed by atoms with Gasteiger partial charge in [-0.2, -0.15) is 0 Å². The van der Waals surface area contributed by atoms with Crippen LogP contribution in [-0.2, 0) is 133 Å². The van der Waals surface area contributed by atoms with Crippen LogP contribution in [0.4, 0.5) is 0 Å². The SMILES string of the molecule is COC[C@H]1O[C@@H]2O[C@H]3[C@H](OC)[C@@H](OC)[C@@H](O[C@H]4[C@H](OC)[C@@H](OC)[C@@H](O[C@H]5[C@H](OC)[C@@H](OC)[C@@H](O[C@H]6[C@H](OC)[C@@H](OC)[C@@H](O[C@H]7[C@H](OC)[C@@H](OC)[C@@H](O[C@H]1[C@H](OC)[C@H]2OC)O[C@@H]7COC)O[C@@H]6CP(c1ccccc1)c1ccccc1)O[C@@H]5COC)O[C@@H]4COC)O[C@@H]3CP(c1ccccc1)c1ccccc1. The van der Waals surface area contributed by atoms with Gasteiger partial charge in [-0.15, -0.1) is 0 Å². The molecule has 0 N–H and O–H groups in total. The van der Waals surface area contributed by atoms with Crippen molar-refractivity contribution in [1.29, 1.82) is 0 Å². The number of benzene rings is 4. The van der Waals surface area contributed by atoms with E-state index in [0.717, 1.165) is 21.2 Å². The molecule has 0 radical (unpaired) electrons. The number of rotatable bonds is 28. The molecule has 22 saturated heterocycles. The summed E-state index contributed by atoms with van der Waals surface area (Å²) in [6.07, 6.45) is -29.5. The van der Waals surface area contributed by atoms with Crippen LogP contribution >= 0.6 is 15.8 Å². The number of hydrogen-bond acceptors (Lipinski definition) is 28. The first kappa shape index (κ1) is 83.6. The van der Waals surface area contributed by atoms with E-state index in [1.807, 2.05) is 72.8 Å². The van der Waals surface area contributed by atoms with Gasteiger partial charge in [-0.05, 0) is 37.1 Å². The van der Waals surface area contributed by atoms with Gasteiger partial charge in [0.25, 0.3) is 0 Å². The van der Waals surface area contributed by atoms with Crippen LogP contribution in [0.2, 0.25) is 0 Å². The molecular weight excluding hydrogens is 1420 g/mol. The molecule has 0 unspecified atom stereocenters. The second-order valence-corrected chi connectivity index (χ2v) is 31.2. The normalized spacial score (nSPS) is 38.9. The first-order chi connectivity index (χ1) is 51.9. The van der Waals surface area contributed by atoms with Gasteiger partial charge >= 0.3 is 0 Å². The average molecular weight is 1530 g/mol. The van der Waals surface area contributed by atoms with E-state index in [9.17, 15) is 0 Å². The predicted molar refractivity (Wildman–Crippen MR) is 386 cm³/mol. The third kappa shape index (κ3) is 18.5. The summed E-state index contributed by atoms with van der Waals surface area (Å²) in [5.41, 5.74) is 0. The lowest BCUT2D eigenvalue weighted by Gasteiger charge is -2.53. The van der Waals surface area contributed by atoms with Gasteiger partial charge in [-0.25, -0.2) is 0 Å². The van der Waals surface area contributed by atoms with Gasteiger partial charge in [0.05, 0.1) is 38.6 Å². The molecule has 0 aromatic heterocycles. The Morgan fingerprint density at radius 1 is 0.208 bits per heavy atom. The molecule has 4 aromatic carbocycles. The van der Waals surface area contributed by atoms with E-state index in [1.165, 1.54) is 0 Å². The van der Waals surface area contributed by atoms with Crippen LogP contribution < -0.4 is 21.2 Å². The lowest BCUT2D eigenvalue weighted by molar-refractivity contribution is -0.407. The molecule has 0 spiro atoms. The van der Waals surface area contributed by atoms with Crippen molar-refractivity contribution in [3.63, 3.8) is 0 Å². The van der Waals surface area contributed by atoms with E-state index in [2.05, 4.69) is 48.5 Å². The van der Waals surface area contributed by atoms with Crippen molar-refractivity contribution in [2.75, 3.05) is 153 Å². The first-order valence-corrected chi connectivity index (χ1v) is 38.8. The Bertz CT molecular complexity index is 2840. The molecular formula is C76H110O28P2. The Balaban J connectivity index is 1.05. The number of hydrogen-bond donors (Lipinski definition) is 0. The zero-order valence-electron chi connectivity index (χ0n) is 63.4. The predicted octanol–water partition coefficient (Wildman–Crippen LogP) is 3.69. The summed E-state index contributed by atoms with van der Waals surface area (Å²) in [5, 5.41) is 4.33. The van der Waals surface area contributed by atoms with Gasteiger partial charge in [-0.3, -0.25) is 0 Å². The summed E-state index contributed by atoms with van der Waals surface area (Å²) in [5.74, 6) is 0. The lowest BCUT2D eigenvalue weighted by atomic mass is 9.94. The van der Waals surface area contributed by atoms with E-state index in [1.54, 1.807) is 114 Å². The quantitative estimate of drug-likeness (QED) is 0.0735. The fourth-order valence-corrected chi connectivity index (χ4v) is 20.8. The van der Waals surface area contributed by atoms with Crippen LogP contribution in [0.25, 0.3) is 0 Å². The van der Waals surface area contributed by atoms with Gasteiger partial charge in [0.1, 0.15) is 134 Å². The third-order valence-corrected chi connectivity index (χ3v) is 26.0. The van der Waals surface area contributed by atoms with Crippen LogP contribution in [-0.4, -0.2) is 337 Å². The van der Waals surface area contributed by atoms with Crippen molar-refractivity contribution in [2.24, 2.45) is 0 Å². The molecule has 592 valence electrons. The van der Waals surface area contributed by atoms with E-state index in [4.69, 9.17) is 133 Å². The Morgan fingerprint density at radius 3 is 0.528 bits per heavy atom. The van der Waals surface area contributed by atoms with Gasteiger partial charge < -0.3 is 133 Å². The average Bonchev–Trinajstić information content (AvgIpc) is 0.760.